The van der Waals surface area contributed by atoms with Crippen molar-refractivity contribution in [3.8, 4) is 5.69 Å². The van der Waals surface area contributed by atoms with Crippen molar-refractivity contribution in [3.63, 3.8) is 0 Å². The summed E-state index contributed by atoms with van der Waals surface area (Å²) in [7, 11) is 0. The Morgan fingerprint density at radius 1 is 1.12 bits per heavy atom. The van der Waals surface area contributed by atoms with E-state index >= 15 is 0 Å². The van der Waals surface area contributed by atoms with Gasteiger partial charge in [0.2, 0.25) is 0 Å². The van der Waals surface area contributed by atoms with Crippen molar-refractivity contribution >= 4 is 0 Å². The van der Waals surface area contributed by atoms with Crippen LogP contribution in [0.25, 0.3) is 5.69 Å². The number of para-hydroxylation sites is 1. The van der Waals surface area contributed by atoms with Gasteiger partial charge in [0.15, 0.2) is 0 Å². The van der Waals surface area contributed by atoms with Crippen LogP contribution in [0.2, 0.25) is 0 Å². The van der Waals surface area contributed by atoms with E-state index in [1.54, 1.807) is 6.20 Å². The summed E-state index contributed by atoms with van der Waals surface area (Å²) in [5.41, 5.74) is 3.14. The van der Waals surface area contributed by atoms with E-state index in [0.717, 1.165) is 49.4 Å². The molecule has 0 amide bonds. The molecular weight excluding hydrogens is 326 g/mol. The van der Waals surface area contributed by atoms with Crippen LogP contribution >= 0.6 is 0 Å². The SMILES string of the molecule is c1ccc(-n2cc(CN3CCC[C@@H](OCc4cccnc4)C3)nn2)cc1. The number of ether oxygens (including phenoxy) is 1. The van der Waals surface area contributed by atoms with E-state index in [1.165, 1.54) is 0 Å². The minimum absolute atomic E-state index is 0.258. The zero-order chi connectivity index (χ0) is 17.6. The number of piperidine rings is 1. The highest BCUT2D eigenvalue weighted by atomic mass is 16.5. The van der Waals surface area contributed by atoms with Crippen LogP contribution in [-0.2, 0) is 17.9 Å². The van der Waals surface area contributed by atoms with Crippen molar-refractivity contribution in [2.45, 2.75) is 32.1 Å². The van der Waals surface area contributed by atoms with Gasteiger partial charge in [-0.3, -0.25) is 9.88 Å². The van der Waals surface area contributed by atoms with Crippen LogP contribution in [0.3, 0.4) is 0 Å². The molecular formula is C20H23N5O. The molecule has 4 rings (SSSR count). The highest BCUT2D eigenvalue weighted by Gasteiger charge is 2.21. The van der Waals surface area contributed by atoms with Gasteiger partial charge < -0.3 is 4.74 Å². The molecule has 1 aliphatic heterocycles. The highest BCUT2D eigenvalue weighted by Crippen LogP contribution is 2.17. The van der Waals surface area contributed by atoms with Gasteiger partial charge in [-0.15, -0.1) is 5.10 Å². The number of rotatable bonds is 6. The summed E-state index contributed by atoms with van der Waals surface area (Å²) >= 11 is 0. The molecule has 26 heavy (non-hydrogen) atoms. The predicted molar refractivity (Wildman–Crippen MR) is 98.7 cm³/mol. The molecule has 0 bridgehead atoms. The molecule has 3 heterocycles. The molecule has 0 N–H and O–H groups in total. The fourth-order valence-corrected chi connectivity index (χ4v) is 3.30. The smallest absolute Gasteiger partial charge is 0.0971 e. The molecule has 1 aliphatic rings. The lowest BCUT2D eigenvalue weighted by Crippen LogP contribution is -2.39. The van der Waals surface area contributed by atoms with Crippen LogP contribution < -0.4 is 0 Å². The summed E-state index contributed by atoms with van der Waals surface area (Å²) in [6.07, 6.45) is 8.16. The quantitative estimate of drug-likeness (QED) is 0.685. The van der Waals surface area contributed by atoms with Crippen LogP contribution in [0, 0.1) is 0 Å². The average Bonchev–Trinajstić information content (AvgIpc) is 3.17. The monoisotopic (exact) mass is 349 g/mol. The van der Waals surface area contributed by atoms with Crippen molar-refractivity contribution in [2.24, 2.45) is 0 Å². The highest BCUT2D eigenvalue weighted by molar-refractivity contribution is 5.29. The number of hydrogen-bond donors (Lipinski definition) is 0. The molecule has 3 aromatic rings. The molecule has 0 saturated carbocycles. The standard InChI is InChI=1S/C20H23N5O/c1-2-7-19(8-3-1)25-14-18(22-23-25)13-24-11-5-9-20(15-24)26-16-17-6-4-10-21-12-17/h1-4,6-8,10,12,14,20H,5,9,11,13,15-16H2/t20-/m1/s1. The van der Waals surface area contributed by atoms with Crippen LogP contribution in [-0.4, -0.2) is 44.1 Å². The van der Waals surface area contributed by atoms with Crippen molar-refractivity contribution in [1.82, 2.24) is 24.9 Å². The minimum atomic E-state index is 0.258. The third-order valence-corrected chi connectivity index (χ3v) is 4.62. The molecule has 1 atom stereocenters. The largest absolute Gasteiger partial charge is 0.372 e. The first-order valence-electron chi connectivity index (χ1n) is 9.06. The number of hydrogen-bond acceptors (Lipinski definition) is 5. The first-order chi connectivity index (χ1) is 12.9. The maximum absolute atomic E-state index is 6.09. The minimum Gasteiger partial charge on any atom is -0.372 e. The topological polar surface area (TPSA) is 56.1 Å². The number of likely N-dealkylation sites (tertiary alicyclic amines) is 1. The zero-order valence-electron chi connectivity index (χ0n) is 14.7. The van der Waals surface area contributed by atoms with Crippen molar-refractivity contribution < 1.29 is 4.74 Å². The fraction of sp³-hybridized carbons (Fsp3) is 0.350. The molecule has 6 heteroatoms. The first-order valence-corrected chi connectivity index (χ1v) is 9.06. The van der Waals surface area contributed by atoms with Gasteiger partial charge >= 0.3 is 0 Å². The lowest BCUT2D eigenvalue weighted by atomic mass is 10.1. The number of benzene rings is 1. The Balaban J connectivity index is 1.32. The van der Waals surface area contributed by atoms with Gasteiger partial charge in [-0.1, -0.05) is 29.5 Å². The third-order valence-electron chi connectivity index (χ3n) is 4.62. The van der Waals surface area contributed by atoms with E-state index < -0.39 is 0 Å². The van der Waals surface area contributed by atoms with E-state index in [-0.39, 0.29) is 6.10 Å². The third kappa shape index (κ3) is 4.33. The van der Waals surface area contributed by atoms with Crippen LogP contribution in [0.5, 0.6) is 0 Å². The fourth-order valence-electron chi connectivity index (χ4n) is 3.30. The molecule has 1 fully saturated rings. The Bertz CT molecular complexity index is 805. The zero-order valence-corrected chi connectivity index (χ0v) is 14.7. The number of pyridine rings is 1. The van der Waals surface area contributed by atoms with Gasteiger partial charge in [-0.2, -0.15) is 0 Å². The lowest BCUT2D eigenvalue weighted by molar-refractivity contribution is -0.0124. The summed E-state index contributed by atoms with van der Waals surface area (Å²) in [6, 6.07) is 14.1. The Kier molecular flexibility index (Phi) is 5.33. The summed E-state index contributed by atoms with van der Waals surface area (Å²) in [4.78, 5) is 6.54. The maximum Gasteiger partial charge on any atom is 0.0971 e. The second kappa shape index (κ2) is 8.21. The second-order valence-electron chi connectivity index (χ2n) is 6.66. The molecule has 1 aromatic carbocycles. The molecule has 1 saturated heterocycles. The molecule has 6 nitrogen and oxygen atoms in total. The van der Waals surface area contributed by atoms with Crippen molar-refractivity contribution in [1.29, 1.82) is 0 Å². The molecule has 0 unspecified atom stereocenters. The summed E-state index contributed by atoms with van der Waals surface area (Å²) in [5, 5.41) is 8.58. The van der Waals surface area contributed by atoms with Crippen molar-refractivity contribution in [2.75, 3.05) is 13.1 Å². The number of aromatic nitrogens is 4. The Morgan fingerprint density at radius 3 is 2.88 bits per heavy atom. The van der Waals surface area contributed by atoms with E-state index in [1.807, 2.05) is 53.5 Å². The molecule has 0 aliphatic carbocycles. The van der Waals surface area contributed by atoms with Gasteiger partial charge in [-0.05, 0) is 43.1 Å². The van der Waals surface area contributed by atoms with Gasteiger partial charge in [0, 0.05) is 25.5 Å². The maximum atomic E-state index is 6.09. The van der Waals surface area contributed by atoms with E-state index in [9.17, 15) is 0 Å². The van der Waals surface area contributed by atoms with E-state index in [4.69, 9.17) is 4.74 Å². The lowest BCUT2D eigenvalue weighted by Gasteiger charge is -2.32. The second-order valence-corrected chi connectivity index (χ2v) is 6.66. The molecule has 2 aromatic heterocycles. The first kappa shape index (κ1) is 16.9. The van der Waals surface area contributed by atoms with Crippen LogP contribution in [0.4, 0.5) is 0 Å². The van der Waals surface area contributed by atoms with Crippen LogP contribution in [0.15, 0.2) is 61.1 Å². The van der Waals surface area contributed by atoms with Crippen molar-refractivity contribution in [3.05, 3.63) is 72.3 Å². The Labute approximate surface area is 153 Å². The number of nitrogens with zero attached hydrogens (tertiary/aromatic N) is 5. The average molecular weight is 349 g/mol. The molecule has 0 radical (unpaired) electrons. The summed E-state index contributed by atoms with van der Waals surface area (Å²) < 4.78 is 7.92. The van der Waals surface area contributed by atoms with Gasteiger partial charge in [-0.25, -0.2) is 4.68 Å². The normalized spacial score (nSPS) is 18.1. The van der Waals surface area contributed by atoms with Gasteiger partial charge in [0.1, 0.15) is 0 Å². The Morgan fingerprint density at radius 2 is 2.04 bits per heavy atom. The van der Waals surface area contributed by atoms with E-state index in [2.05, 4.69) is 26.3 Å². The van der Waals surface area contributed by atoms with Crippen LogP contribution in [0.1, 0.15) is 24.1 Å². The molecule has 134 valence electrons. The van der Waals surface area contributed by atoms with E-state index in [0.29, 0.717) is 6.61 Å². The molecule has 0 spiro atoms. The summed E-state index contributed by atoms with van der Waals surface area (Å²) in [5.74, 6) is 0. The Hall–Kier alpha value is -2.57. The van der Waals surface area contributed by atoms with Gasteiger partial charge in [0.25, 0.3) is 0 Å². The van der Waals surface area contributed by atoms with Gasteiger partial charge in [0.05, 0.1) is 30.3 Å². The summed E-state index contributed by atoms with van der Waals surface area (Å²) in [6.45, 7) is 3.43. The predicted octanol–water partition coefficient (Wildman–Crippen LogP) is 2.84.